The number of pyridine rings is 1. The van der Waals surface area contributed by atoms with Gasteiger partial charge in [-0.3, -0.25) is 4.79 Å². The Kier molecular flexibility index (Phi) is 5.76. The van der Waals surface area contributed by atoms with E-state index in [1.807, 2.05) is 23.1 Å². The lowest BCUT2D eigenvalue weighted by Crippen LogP contribution is -2.39. The fourth-order valence-corrected chi connectivity index (χ4v) is 3.95. The molecule has 0 bridgehead atoms. The smallest absolute Gasteiger partial charge is 0.272 e. The van der Waals surface area contributed by atoms with E-state index in [2.05, 4.69) is 40.3 Å². The van der Waals surface area contributed by atoms with Crippen LogP contribution in [0.4, 0.5) is 17.1 Å². The molecule has 1 amide bonds. The Labute approximate surface area is 166 Å². The second kappa shape index (κ2) is 8.61. The maximum absolute atomic E-state index is 12.7. The second-order valence-corrected chi connectivity index (χ2v) is 7.67. The number of rotatable bonds is 4. The van der Waals surface area contributed by atoms with Gasteiger partial charge in [0.1, 0.15) is 5.69 Å². The maximum atomic E-state index is 12.7. The van der Waals surface area contributed by atoms with Crippen LogP contribution in [-0.2, 0) is 4.74 Å². The molecule has 4 rings (SSSR count). The number of aromatic nitrogens is 1. The molecule has 2 saturated heterocycles. The number of hydrogen-bond acceptors (Lipinski definition) is 5. The number of nitrogens with one attached hydrogen (secondary N) is 1. The average molecular weight is 380 g/mol. The van der Waals surface area contributed by atoms with Crippen LogP contribution in [0.2, 0.25) is 0 Å². The van der Waals surface area contributed by atoms with Gasteiger partial charge >= 0.3 is 0 Å². The van der Waals surface area contributed by atoms with Gasteiger partial charge in [0.25, 0.3) is 5.91 Å². The van der Waals surface area contributed by atoms with Crippen molar-refractivity contribution in [3.63, 3.8) is 0 Å². The van der Waals surface area contributed by atoms with E-state index in [0.717, 1.165) is 62.9 Å². The molecule has 2 aromatic rings. The van der Waals surface area contributed by atoms with Crippen molar-refractivity contribution in [3.8, 4) is 0 Å². The van der Waals surface area contributed by atoms with E-state index in [9.17, 15) is 4.79 Å². The lowest BCUT2D eigenvalue weighted by atomic mass is 10.00. The Hall–Kier alpha value is -2.60. The van der Waals surface area contributed by atoms with E-state index in [0.29, 0.717) is 11.6 Å². The van der Waals surface area contributed by atoms with E-state index < -0.39 is 0 Å². The van der Waals surface area contributed by atoms with E-state index in [1.54, 1.807) is 6.20 Å². The van der Waals surface area contributed by atoms with Crippen LogP contribution in [0.3, 0.4) is 0 Å². The van der Waals surface area contributed by atoms with Crippen LogP contribution in [0, 0.1) is 5.92 Å². The highest BCUT2D eigenvalue weighted by Crippen LogP contribution is 2.29. The highest BCUT2D eigenvalue weighted by atomic mass is 16.5. The van der Waals surface area contributed by atoms with E-state index in [-0.39, 0.29) is 5.91 Å². The first-order valence-corrected chi connectivity index (χ1v) is 10.1. The summed E-state index contributed by atoms with van der Waals surface area (Å²) < 4.78 is 5.46. The van der Waals surface area contributed by atoms with Crippen LogP contribution in [-0.4, -0.2) is 55.2 Å². The molecule has 0 spiro atoms. The topological polar surface area (TPSA) is 57.7 Å². The highest BCUT2D eigenvalue weighted by Gasteiger charge is 2.23. The van der Waals surface area contributed by atoms with Crippen molar-refractivity contribution in [3.05, 3.63) is 48.3 Å². The summed E-state index contributed by atoms with van der Waals surface area (Å²) in [6.07, 6.45) is 4.02. The summed E-state index contributed by atoms with van der Waals surface area (Å²) in [6.45, 7) is 7.14. The van der Waals surface area contributed by atoms with Gasteiger partial charge in [-0.1, -0.05) is 19.1 Å². The minimum absolute atomic E-state index is 0.0341. The molecule has 2 aliphatic heterocycles. The molecule has 6 nitrogen and oxygen atoms in total. The highest BCUT2D eigenvalue weighted by molar-refractivity contribution is 5.92. The molecule has 6 heteroatoms. The normalized spacial score (nSPS) is 20.1. The van der Waals surface area contributed by atoms with Gasteiger partial charge in [-0.2, -0.15) is 0 Å². The van der Waals surface area contributed by atoms with Gasteiger partial charge < -0.3 is 19.9 Å². The molecule has 1 aromatic heterocycles. The fraction of sp³-hybridized carbons (Fsp3) is 0.455. The molecule has 0 aliphatic carbocycles. The van der Waals surface area contributed by atoms with E-state index >= 15 is 0 Å². The van der Waals surface area contributed by atoms with Crippen LogP contribution in [0.15, 0.2) is 42.6 Å². The predicted octanol–water partition coefficient (Wildman–Crippen LogP) is 3.53. The summed E-state index contributed by atoms with van der Waals surface area (Å²) in [5.74, 6) is 0.599. The SMILES string of the molecule is CC1CCCN(C(=O)c2ccc(Nc3ccccc3N3CCOCC3)cn2)C1. The summed E-state index contributed by atoms with van der Waals surface area (Å²) in [7, 11) is 0. The van der Waals surface area contributed by atoms with Gasteiger partial charge in [0.2, 0.25) is 0 Å². The number of morpholine rings is 1. The summed E-state index contributed by atoms with van der Waals surface area (Å²) in [4.78, 5) is 21.4. The Morgan fingerprint density at radius 1 is 1.14 bits per heavy atom. The average Bonchev–Trinajstić information content (AvgIpc) is 2.75. The minimum atomic E-state index is 0.0341. The lowest BCUT2D eigenvalue weighted by Gasteiger charge is -2.31. The van der Waals surface area contributed by atoms with Crippen molar-refractivity contribution in [2.24, 2.45) is 5.92 Å². The molecular weight excluding hydrogens is 352 g/mol. The number of amides is 1. The van der Waals surface area contributed by atoms with Gasteiger partial charge in [0.05, 0.1) is 36.5 Å². The first kappa shape index (κ1) is 18.7. The maximum Gasteiger partial charge on any atom is 0.272 e. The molecular formula is C22H28N4O2. The molecule has 28 heavy (non-hydrogen) atoms. The van der Waals surface area contributed by atoms with Crippen molar-refractivity contribution in [1.82, 2.24) is 9.88 Å². The summed E-state index contributed by atoms with van der Waals surface area (Å²) in [5, 5.41) is 3.45. The summed E-state index contributed by atoms with van der Waals surface area (Å²) in [5.41, 5.74) is 3.59. The molecule has 1 N–H and O–H groups in total. The molecule has 2 aliphatic rings. The van der Waals surface area contributed by atoms with Gasteiger partial charge in [0, 0.05) is 26.2 Å². The molecule has 1 atom stereocenters. The molecule has 2 fully saturated rings. The van der Waals surface area contributed by atoms with Gasteiger partial charge in [-0.25, -0.2) is 4.98 Å². The van der Waals surface area contributed by atoms with Crippen molar-refractivity contribution in [2.75, 3.05) is 49.6 Å². The number of carbonyl (C=O) groups excluding carboxylic acids is 1. The fourth-order valence-electron chi connectivity index (χ4n) is 3.95. The Morgan fingerprint density at radius 2 is 1.96 bits per heavy atom. The number of benzene rings is 1. The first-order valence-electron chi connectivity index (χ1n) is 10.1. The molecule has 1 unspecified atom stereocenters. The number of anilines is 3. The van der Waals surface area contributed by atoms with Crippen molar-refractivity contribution in [1.29, 1.82) is 0 Å². The van der Waals surface area contributed by atoms with Gasteiger partial charge in [-0.15, -0.1) is 0 Å². The number of likely N-dealkylation sites (tertiary alicyclic amines) is 1. The minimum Gasteiger partial charge on any atom is -0.378 e. The van der Waals surface area contributed by atoms with Crippen molar-refractivity contribution in [2.45, 2.75) is 19.8 Å². The van der Waals surface area contributed by atoms with E-state index in [4.69, 9.17) is 4.74 Å². The number of para-hydroxylation sites is 2. The Morgan fingerprint density at radius 3 is 2.71 bits per heavy atom. The van der Waals surface area contributed by atoms with Gasteiger partial charge in [-0.05, 0) is 43.0 Å². The van der Waals surface area contributed by atoms with Crippen molar-refractivity contribution < 1.29 is 9.53 Å². The first-order chi connectivity index (χ1) is 13.7. The van der Waals surface area contributed by atoms with Gasteiger partial charge in [0.15, 0.2) is 0 Å². The Balaban J connectivity index is 1.46. The number of carbonyl (C=O) groups is 1. The van der Waals surface area contributed by atoms with E-state index in [1.165, 1.54) is 6.42 Å². The summed E-state index contributed by atoms with van der Waals surface area (Å²) >= 11 is 0. The number of ether oxygens (including phenoxy) is 1. The van der Waals surface area contributed by atoms with Crippen LogP contribution < -0.4 is 10.2 Å². The third-order valence-electron chi connectivity index (χ3n) is 5.46. The van der Waals surface area contributed by atoms with Crippen LogP contribution in [0.5, 0.6) is 0 Å². The molecule has 3 heterocycles. The molecule has 0 radical (unpaired) electrons. The number of nitrogens with zero attached hydrogens (tertiary/aromatic N) is 3. The third-order valence-corrected chi connectivity index (χ3v) is 5.46. The number of piperidine rings is 1. The number of hydrogen-bond donors (Lipinski definition) is 1. The molecule has 1 aromatic carbocycles. The standard InChI is InChI=1S/C22H28N4O2/c1-17-5-4-10-26(16-17)22(27)20-9-8-18(15-23-20)24-19-6-2-3-7-21(19)25-11-13-28-14-12-25/h2-3,6-9,15,17,24H,4-5,10-14,16H2,1H3. The third kappa shape index (κ3) is 4.28. The predicted molar refractivity (Wildman–Crippen MR) is 111 cm³/mol. The zero-order valence-corrected chi connectivity index (χ0v) is 16.4. The van der Waals surface area contributed by atoms with Crippen LogP contribution in [0.25, 0.3) is 0 Å². The van der Waals surface area contributed by atoms with Crippen molar-refractivity contribution >= 4 is 23.0 Å². The monoisotopic (exact) mass is 380 g/mol. The zero-order valence-electron chi connectivity index (χ0n) is 16.4. The zero-order chi connectivity index (χ0) is 19.3. The summed E-state index contributed by atoms with van der Waals surface area (Å²) in [6, 6.07) is 12.0. The molecule has 148 valence electrons. The van der Waals surface area contributed by atoms with Crippen LogP contribution in [0.1, 0.15) is 30.3 Å². The largest absolute Gasteiger partial charge is 0.378 e. The Bertz CT molecular complexity index is 802. The van der Waals surface area contributed by atoms with Crippen LogP contribution >= 0.6 is 0 Å². The molecule has 0 saturated carbocycles. The second-order valence-electron chi connectivity index (χ2n) is 7.67. The lowest BCUT2D eigenvalue weighted by molar-refractivity contribution is 0.0677. The quantitative estimate of drug-likeness (QED) is 0.879.